The molecule has 0 aliphatic carbocycles. The fourth-order valence-electron chi connectivity index (χ4n) is 2.55. The molecule has 1 amide bonds. The van der Waals surface area contributed by atoms with E-state index in [2.05, 4.69) is 15.5 Å². The summed E-state index contributed by atoms with van der Waals surface area (Å²) in [7, 11) is 0. The first-order valence-electron chi connectivity index (χ1n) is 8.51. The summed E-state index contributed by atoms with van der Waals surface area (Å²) in [4.78, 5) is 12.3. The molecule has 1 aromatic heterocycles. The molecular formula is C19H17Cl3N4OS. The fourth-order valence-corrected chi connectivity index (χ4v) is 4.06. The van der Waals surface area contributed by atoms with E-state index in [-0.39, 0.29) is 12.5 Å². The van der Waals surface area contributed by atoms with Crippen LogP contribution in [0.1, 0.15) is 28.7 Å². The summed E-state index contributed by atoms with van der Waals surface area (Å²) in [6.07, 6.45) is 0. The number of benzene rings is 2. The zero-order valence-electron chi connectivity index (χ0n) is 15.0. The van der Waals surface area contributed by atoms with Crippen molar-refractivity contribution in [3.63, 3.8) is 0 Å². The monoisotopic (exact) mass is 454 g/mol. The predicted molar refractivity (Wildman–Crippen MR) is 114 cm³/mol. The number of nitrogens with zero attached hydrogens (tertiary/aromatic N) is 3. The van der Waals surface area contributed by atoms with Gasteiger partial charge in [-0.2, -0.15) is 0 Å². The Bertz CT molecular complexity index is 993. The molecule has 5 nitrogen and oxygen atoms in total. The highest BCUT2D eigenvalue weighted by molar-refractivity contribution is 7.98. The molecule has 3 aromatic rings. The third-order valence-corrected chi connectivity index (χ3v) is 6.09. The summed E-state index contributed by atoms with van der Waals surface area (Å²) in [5.41, 5.74) is 1.47. The Labute approximate surface area is 182 Å². The van der Waals surface area contributed by atoms with Gasteiger partial charge in [0.05, 0.1) is 27.2 Å². The summed E-state index contributed by atoms with van der Waals surface area (Å²) < 4.78 is 1.97. The van der Waals surface area contributed by atoms with Crippen LogP contribution in [-0.2, 0) is 18.8 Å². The van der Waals surface area contributed by atoms with Gasteiger partial charge in [0.1, 0.15) is 0 Å². The molecule has 0 aliphatic rings. The second-order valence-corrected chi connectivity index (χ2v) is 8.01. The van der Waals surface area contributed by atoms with Gasteiger partial charge in [-0.3, -0.25) is 4.79 Å². The average molecular weight is 456 g/mol. The van der Waals surface area contributed by atoms with E-state index in [1.54, 1.807) is 42.1 Å². The van der Waals surface area contributed by atoms with Crippen molar-refractivity contribution in [2.45, 2.75) is 30.9 Å². The van der Waals surface area contributed by atoms with E-state index < -0.39 is 0 Å². The largest absolute Gasteiger partial charge is 0.345 e. The van der Waals surface area contributed by atoms with Gasteiger partial charge >= 0.3 is 0 Å². The smallest absolute Gasteiger partial charge is 0.253 e. The molecule has 1 heterocycles. The second-order valence-electron chi connectivity index (χ2n) is 5.84. The Morgan fingerprint density at radius 1 is 1.07 bits per heavy atom. The minimum atomic E-state index is -0.249. The molecule has 1 N–H and O–H groups in total. The quantitative estimate of drug-likeness (QED) is 0.479. The number of aromatic nitrogens is 3. The first kappa shape index (κ1) is 21.0. The zero-order valence-corrected chi connectivity index (χ0v) is 18.0. The maximum absolute atomic E-state index is 12.3. The van der Waals surface area contributed by atoms with Gasteiger partial charge in [-0.1, -0.05) is 64.8 Å². The minimum Gasteiger partial charge on any atom is -0.345 e. The average Bonchev–Trinajstić information content (AvgIpc) is 3.09. The third kappa shape index (κ3) is 5.00. The van der Waals surface area contributed by atoms with Gasteiger partial charge < -0.3 is 9.88 Å². The van der Waals surface area contributed by atoms with Gasteiger partial charge in [-0.05, 0) is 36.8 Å². The van der Waals surface area contributed by atoms with Crippen molar-refractivity contribution in [1.29, 1.82) is 0 Å². The van der Waals surface area contributed by atoms with Gasteiger partial charge in [0, 0.05) is 12.3 Å². The van der Waals surface area contributed by atoms with Crippen molar-refractivity contribution in [3.8, 4) is 0 Å². The van der Waals surface area contributed by atoms with Crippen molar-refractivity contribution in [2.24, 2.45) is 0 Å². The molecular weight excluding hydrogens is 439 g/mol. The number of hydrogen-bond acceptors (Lipinski definition) is 4. The molecule has 0 aliphatic heterocycles. The summed E-state index contributed by atoms with van der Waals surface area (Å²) in [6, 6.07) is 12.5. The maximum atomic E-state index is 12.3. The van der Waals surface area contributed by atoms with Crippen LogP contribution in [0.5, 0.6) is 0 Å². The maximum Gasteiger partial charge on any atom is 0.253 e. The van der Waals surface area contributed by atoms with Crippen molar-refractivity contribution in [1.82, 2.24) is 20.1 Å². The minimum absolute atomic E-state index is 0.249. The summed E-state index contributed by atoms with van der Waals surface area (Å²) in [6.45, 7) is 2.96. The van der Waals surface area contributed by atoms with E-state index >= 15 is 0 Å². The zero-order chi connectivity index (χ0) is 20.1. The summed E-state index contributed by atoms with van der Waals surface area (Å²) in [5.74, 6) is 1.11. The van der Waals surface area contributed by atoms with Crippen LogP contribution in [0.4, 0.5) is 0 Å². The lowest BCUT2D eigenvalue weighted by atomic mass is 10.2. The van der Waals surface area contributed by atoms with Crippen LogP contribution in [0.15, 0.2) is 47.6 Å². The van der Waals surface area contributed by atoms with Gasteiger partial charge in [0.25, 0.3) is 5.91 Å². The number of hydrogen-bond donors (Lipinski definition) is 1. The molecule has 0 radical (unpaired) electrons. The van der Waals surface area contributed by atoms with Crippen LogP contribution in [-0.4, -0.2) is 20.7 Å². The van der Waals surface area contributed by atoms with Crippen LogP contribution in [0.25, 0.3) is 0 Å². The molecule has 0 saturated carbocycles. The summed E-state index contributed by atoms with van der Waals surface area (Å²) >= 11 is 19.6. The molecule has 28 heavy (non-hydrogen) atoms. The Balaban J connectivity index is 1.65. The molecule has 0 bridgehead atoms. The summed E-state index contributed by atoms with van der Waals surface area (Å²) in [5, 5.41) is 13.6. The van der Waals surface area contributed by atoms with E-state index in [9.17, 15) is 4.79 Å². The highest BCUT2D eigenvalue weighted by atomic mass is 35.5. The van der Waals surface area contributed by atoms with Crippen LogP contribution < -0.4 is 5.32 Å². The molecule has 0 unspecified atom stereocenters. The van der Waals surface area contributed by atoms with Crippen molar-refractivity contribution in [2.75, 3.05) is 0 Å². The third-order valence-electron chi connectivity index (χ3n) is 3.99. The molecule has 0 spiro atoms. The molecule has 9 heteroatoms. The number of thioether (sulfide) groups is 1. The first-order valence-corrected chi connectivity index (χ1v) is 10.6. The van der Waals surface area contributed by atoms with E-state index in [1.807, 2.05) is 23.6 Å². The van der Waals surface area contributed by atoms with Crippen molar-refractivity contribution >= 4 is 52.5 Å². The van der Waals surface area contributed by atoms with Gasteiger partial charge in [0.15, 0.2) is 11.0 Å². The van der Waals surface area contributed by atoms with E-state index in [0.29, 0.717) is 38.8 Å². The fraction of sp³-hybridized carbons (Fsp3) is 0.211. The normalized spacial score (nSPS) is 10.9. The lowest BCUT2D eigenvalue weighted by Crippen LogP contribution is -2.25. The van der Waals surface area contributed by atoms with Gasteiger partial charge in [-0.15, -0.1) is 10.2 Å². The molecule has 3 rings (SSSR count). The van der Waals surface area contributed by atoms with Crippen LogP contribution in [0, 0.1) is 0 Å². The van der Waals surface area contributed by atoms with Crippen molar-refractivity contribution in [3.05, 3.63) is 74.5 Å². The topological polar surface area (TPSA) is 59.8 Å². The SMILES string of the molecule is CCn1c(CNC(=O)c2ccccc2Cl)nnc1SCc1ccc(Cl)c(Cl)c1. The molecule has 0 fully saturated rings. The van der Waals surface area contributed by atoms with Crippen LogP contribution in [0.3, 0.4) is 0 Å². The van der Waals surface area contributed by atoms with Gasteiger partial charge in [-0.25, -0.2) is 0 Å². The van der Waals surface area contributed by atoms with E-state index in [1.165, 1.54) is 0 Å². The van der Waals surface area contributed by atoms with Gasteiger partial charge in [0.2, 0.25) is 0 Å². The molecule has 2 aromatic carbocycles. The van der Waals surface area contributed by atoms with Crippen LogP contribution >= 0.6 is 46.6 Å². The Morgan fingerprint density at radius 2 is 1.86 bits per heavy atom. The number of amides is 1. The number of halogens is 3. The number of carbonyl (C=O) groups is 1. The van der Waals surface area contributed by atoms with Crippen molar-refractivity contribution < 1.29 is 4.79 Å². The highest BCUT2D eigenvalue weighted by Gasteiger charge is 2.14. The number of rotatable bonds is 7. The predicted octanol–water partition coefficient (Wildman–Crippen LogP) is 5.48. The van der Waals surface area contributed by atoms with Crippen LogP contribution in [0.2, 0.25) is 15.1 Å². The lowest BCUT2D eigenvalue weighted by molar-refractivity contribution is 0.0949. The second kappa shape index (κ2) is 9.65. The number of nitrogens with one attached hydrogen (secondary N) is 1. The lowest BCUT2D eigenvalue weighted by Gasteiger charge is -2.09. The van der Waals surface area contributed by atoms with E-state index in [4.69, 9.17) is 34.8 Å². The molecule has 0 saturated heterocycles. The number of carbonyl (C=O) groups excluding carboxylic acids is 1. The Morgan fingerprint density at radius 3 is 2.57 bits per heavy atom. The Hall–Kier alpha value is -1.73. The van der Waals surface area contributed by atoms with E-state index in [0.717, 1.165) is 10.7 Å². The molecule has 146 valence electrons. The molecule has 0 atom stereocenters. The standard InChI is InChI=1S/C19H17Cl3N4OS/c1-2-26-17(10-23-18(27)13-5-3-4-6-14(13)20)24-25-19(26)28-11-12-7-8-15(21)16(22)9-12/h3-9H,2,10-11H2,1H3,(H,23,27). The Kier molecular flexibility index (Phi) is 7.24. The highest BCUT2D eigenvalue weighted by Crippen LogP contribution is 2.27. The first-order chi connectivity index (χ1) is 13.5.